The van der Waals surface area contributed by atoms with Gasteiger partial charge in [-0.15, -0.1) is 0 Å². The Hall–Kier alpha value is -1.51. The maximum atomic E-state index is 10.5. The van der Waals surface area contributed by atoms with E-state index in [2.05, 4.69) is 0 Å². The van der Waals surface area contributed by atoms with Crippen molar-refractivity contribution in [3.63, 3.8) is 0 Å². The molecule has 1 N–H and O–H groups in total. The zero-order valence-electron chi connectivity index (χ0n) is 7.82. The van der Waals surface area contributed by atoms with Crippen LogP contribution in [-0.4, -0.2) is 24.7 Å². The number of aromatic carboxylic acids is 1. The van der Waals surface area contributed by atoms with Crippen LogP contribution in [0.15, 0.2) is 24.3 Å². The van der Waals surface area contributed by atoms with Crippen molar-refractivity contribution in [3.8, 4) is 0 Å². The average Bonchev–Trinajstić information content (AvgIpc) is 2.17. The van der Waals surface area contributed by atoms with Gasteiger partial charge in [0.25, 0.3) is 0 Å². The second kappa shape index (κ2) is 3.94. The van der Waals surface area contributed by atoms with Crippen LogP contribution in [0.2, 0.25) is 0 Å². The molecule has 0 saturated carbocycles. The quantitative estimate of drug-likeness (QED) is 0.769. The minimum absolute atomic E-state index is 0.327. The van der Waals surface area contributed by atoms with Crippen molar-refractivity contribution in [3.05, 3.63) is 29.8 Å². The van der Waals surface area contributed by atoms with Crippen molar-refractivity contribution < 1.29 is 9.90 Å². The first-order chi connectivity index (χ1) is 6.15. The van der Waals surface area contributed by atoms with Crippen molar-refractivity contribution in [1.29, 1.82) is 0 Å². The summed E-state index contributed by atoms with van der Waals surface area (Å²) in [5.41, 5.74) is 1.36. The zero-order chi connectivity index (χ0) is 9.84. The van der Waals surface area contributed by atoms with Crippen LogP contribution in [0.25, 0.3) is 0 Å². The Morgan fingerprint density at radius 2 is 1.92 bits per heavy atom. The highest BCUT2D eigenvalue weighted by Crippen LogP contribution is 2.13. The Kier molecular flexibility index (Phi) is 2.90. The third-order valence-corrected chi connectivity index (χ3v) is 2.03. The Morgan fingerprint density at radius 1 is 1.38 bits per heavy atom. The van der Waals surface area contributed by atoms with E-state index in [9.17, 15) is 4.79 Å². The van der Waals surface area contributed by atoms with Crippen molar-refractivity contribution in [2.45, 2.75) is 6.92 Å². The van der Waals surface area contributed by atoms with Crippen molar-refractivity contribution in [1.82, 2.24) is 0 Å². The number of carbonyl (C=O) groups is 1. The van der Waals surface area contributed by atoms with E-state index in [1.54, 1.807) is 12.1 Å². The molecule has 0 amide bonds. The molecule has 0 aliphatic rings. The second-order valence-electron chi connectivity index (χ2n) is 2.87. The normalized spacial score (nSPS) is 9.69. The lowest BCUT2D eigenvalue weighted by molar-refractivity contribution is 0.0697. The largest absolute Gasteiger partial charge is 0.478 e. The molecule has 3 heteroatoms. The van der Waals surface area contributed by atoms with E-state index in [0.717, 1.165) is 12.2 Å². The molecule has 1 aromatic rings. The molecule has 3 nitrogen and oxygen atoms in total. The summed E-state index contributed by atoms with van der Waals surface area (Å²) in [4.78, 5) is 12.6. The highest BCUT2D eigenvalue weighted by molar-refractivity contribution is 5.88. The van der Waals surface area contributed by atoms with Crippen LogP contribution in [0.1, 0.15) is 17.3 Å². The van der Waals surface area contributed by atoms with Crippen molar-refractivity contribution in [2.75, 3.05) is 18.5 Å². The maximum Gasteiger partial charge on any atom is 0.335 e. The maximum absolute atomic E-state index is 10.5. The first-order valence-electron chi connectivity index (χ1n) is 4.19. The van der Waals surface area contributed by atoms with Crippen molar-refractivity contribution in [2.24, 2.45) is 0 Å². The molecule has 0 radical (unpaired) electrons. The van der Waals surface area contributed by atoms with Gasteiger partial charge in [-0.05, 0) is 31.2 Å². The molecule has 0 saturated heterocycles. The van der Waals surface area contributed by atoms with E-state index >= 15 is 0 Å². The number of benzene rings is 1. The first kappa shape index (κ1) is 9.58. The van der Waals surface area contributed by atoms with Gasteiger partial charge in [0.2, 0.25) is 0 Å². The summed E-state index contributed by atoms with van der Waals surface area (Å²) < 4.78 is 0. The molecule has 13 heavy (non-hydrogen) atoms. The number of hydrogen-bond donors (Lipinski definition) is 1. The van der Waals surface area contributed by atoms with Crippen LogP contribution >= 0.6 is 0 Å². The molecule has 0 heterocycles. The van der Waals surface area contributed by atoms with Crippen LogP contribution in [-0.2, 0) is 0 Å². The predicted octanol–water partition coefficient (Wildman–Crippen LogP) is 1.84. The van der Waals surface area contributed by atoms with Crippen LogP contribution in [0, 0.1) is 0 Å². The van der Waals surface area contributed by atoms with Gasteiger partial charge in [-0.3, -0.25) is 0 Å². The number of hydrogen-bond acceptors (Lipinski definition) is 2. The van der Waals surface area contributed by atoms with Crippen LogP contribution in [0.4, 0.5) is 5.69 Å². The van der Waals surface area contributed by atoms with Gasteiger partial charge in [-0.1, -0.05) is 0 Å². The summed E-state index contributed by atoms with van der Waals surface area (Å²) in [5, 5.41) is 8.66. The van der Waals surface area contributed by atoms with Gasteiger partial charge in [0.15, 0.2) is 0 Å². The van der Waals surface area contributed by atoms with Gasteiger partial charge in [0.05, 0.1) is 5.56 Å². The first-order valence-corrected chi connectivity index (χ1v) is 4.19. The van der Waals surface area contributed by atoms with Gasteiger partial charge < -0.3 is 10.0 Å². The van der Waals surface area contributed by atoms with E-state index in [1.807, 2.05) is 31.0 Å². The van der Waals surface area contributed by atoms with Crippen LogP contribution in [0.3, 0.4) is 0 Å². The molecule has 0 fully saturated rings. The molecule has 0 unspecified atom stereocenters. The molecular formula is C10H13NO2. The molecule has 0 spiro atoms. The van der Waals surface area contributed by atoms with Gasteiger partial charge in [0, 0.05) is 19.3 Å². The van der Waals surface area contributed by atoms with Crippen LogP contribution in [0.5, 0.6) is 0 Å². The monoisotopic (exact) mass is 179 g/mol. The highest BCUT2D eigenvalue weighted by Gasteiger charge is 2.02. The lowest BCUT2D eigenvalue weighted by Gasteiger charge is -2.16. The number of nitrogens with zero attached hydrogens (tertiary/aromatic N) is 1. The third kappa shape index (κ3) is 2.21. The minimum Gasteiger partial charge on any atom is -0.478 e. The average molecular weight is 179 g/mol. The summed E-state index contributed by atoms with van der Waals surface area (Å²) in [5.74, 6) is -0.884. The Balaban J connectivity index is 2.87. The Labute approximate surface area is 77.6 Å². The van der Waals surface area contributed by atoms with E-state index in [0.29, 0.717) is 5.56 Å². The third-order valence-electron chi connectivity index (χ3n) is 2.03. The fourth-order valence-electron chi connectivity index (χ4n) is 1.04. The standard InChI is InChI=1S/C10H13NO2/c1-3-11(2)9-6-4-8(5-7-9)10(12)13/h4-7H,3H2,1-2H3,(H,12,13). The molecule has 1 rings (SSSR count). The lowest BCUT2D eigenvalue weighted by atomic mass is 10.2. The minimum atomic E-state index is -0.884. The van der Waals surface area contributed by atoms with Gasteiger partial charge in [-0.2, -0.15) is 0 Å². The second-order valence-corrected chi connectivity index (χ2v) is 2.87. The predicted molar refractivity (Wildman–Crippen MR) is 52.3 cm³/mol. The lowest BCUT2D eigenvalue weighted by Crippen LogP contribution is -2.15. The summed E-state index contributed by atoms with van der Waals surface area (Å²) in [6, 6.07) is 6.85. The molecule has 0 aliphatic heterocycles. The Bertz CT molecular complexity index is 292. The topological polar surface area (TPSA) is 40.5 Å². The summed E-state index contributed by atoms with van der Waals surface area (Å²) in [6.07, 6.45) is 0. The van der Waals surface area contributed by atoms with Gasteiger partial charge >= 0.3 is 5.97 Å². The molecule has 0 bridgehead atoms. The van der Waals surface area contributed by atoms with E-state index < -0.39 is 5.97 Å². The molecule has 0 aromatic heterocycles. The SMILES string of the molecule is CCN(C)c1ccc(C(=O)O)cc1. The fourth-order valence-corrected chi connectivity index (χ4v) is 1.04. The van der Waals surface area contributed by atoms with Gasteiger partial charge in [0.1, 0.15) is 0 Å². The molecule has 70 valence electrons. The number of anilines is 1. The van der Waals surface area contributed by atoms with Gasteiger partial charge in [-0.25, -0.2) is 4.79 Å². The molecule has 0 aliphatic carbocycles. The molecule has 0 atom stereocenters. The number of rotatable bonds is 3. The highest BCUT2D eigenvalue weighted by atomic mass is 16.4. The van der Waals surface area contributed by atoms with E-state index in [4.69, 9.17) is 5.11 Å². The smallest absolute Gasteiger partial charge is 0.335 e. The fraction of sp³-hybridized carbons (Fsp3) is 0.300. The molecule has 1 aromatic carbocycles. The summed E-state index contributed by atoms with van der Waals surface area (Å²) in [7, 11) is 1.97. The zero-order valence-corrected chi connectivity index (χ0v) is 7.82. The van der Waals surface area contributed by atoms with E-state index in [1.165, 1.54) is 0 Å². The number of carboxylic acids is 1. The number of carboxylic acid groups (broad SMARTS) is 1. The van der Waals surface area contributed by atoms with Crippen LogP contribution < -0.4 is 4.90 Å². The van der Waals surface area contributed by atoms with E-state index in [-0.39, 0.29) is 0 Å². The Morgan fingerprint density at radius 3 is 2.31 bits per heavy atom. The summed E-state index contributed by atoms with van der Waals surface area (Å²) >= 11 is 0. The van der Waals surface area contributed by atoms with Crippen molar-refractivity contribution >= 4 is 11.7 Å². The summed E-state index contributed by atoms with van der Waals surface area (Å²) in [6.45, 7) is 2.96. The molecular weight excluding hydrogens is 166 g/mol.